The lowest BCUT2D eigenvalue weighted by Gasteiger charge is -2.20. The van der Waals surface area contributed by atoms with E-state index in [0.717, 1.165) is 17.2 Å². The topological polar surface area (TPSA) is 46.6 Å². The van der Waals surface area contributed by atoms with Gasteiger partial charge >= 0.3 is 0 Å². The van der Waals surface area contributed by atoms with Crippen molar-refractivity contribution in [3.05, 3.63) is 58.9 Å². The van der Waals surface area contributed by atoms with Gasteiger partial charge in [-0.25, -0.2) is 12.8 Å². The Labute approximate surface area is 136 Å². The number of hydrogen-bond donors (Lipinski definition) is 0. The van der Waals surface area contributed by atoms with Gasteiger partial charge in [0.25, 0.3) is 0 Å². The first kappa shape index (κ1) is 17.4. The van der Waals surface area contributed by atoms with Crippen LogP contribution in [0.25, 0.3) is 0 Å². The lowest BCUT2D eigenvalue weighted by atomic mass is 10.1. The molecule has 2 aromatic rings. The molecule has 0 amide bonds. The van der Waals surface area contributed by atoms with E-state index in [0.29, 0.717) is 11.3 Å². The fourth-order valence-electron chi connectivity index (χ4n) is 2.43. The summed E-state index contributed by atoms with van der Waals surface area (Å²) in [4.78, 5) is 0.105. The van der Waals surface area contributed by atoms with E-state index in [1.54, 1.807) is 14.0 Å². The van der Waals surface area contributed by atoms with Crippen LogP contribution >= 0.6 is 0 Å². The normalized spacial score (nSPS) is 11.7. The zero-order valence-electron chi connectivity index (χ0n) is 13.6. The molecule has 0 heterocycles. The highest BCUT2D eigenvalue weighted by atomic mass is 32.2. The van der Waals surface area contributed by atoms with Gasteiger partial charge in [0, 0.05) is 19.2 Å². The molecule has 2 rings (SSSR count). The van der Waals surface area contributed by atoms with Gasteiger partial charge in [0.2, 0.25) is 10.0 Å². The number of benzene rings is 2. The lowest BCUT2D eigenvalue weighted by molar-refractivity contribution is 0.398. The summed E-state index contributed by atoms with van der Waals surface area (Å²) in [6.45, 7) is 3.68. The van der Waals surface area contributed by atoms with E-state index in [1.807, 2.05) is 25.1 Å². The summed E-state index contributed by atoms with van der Waals surface area (Å²) in [5.74, 6) is 0.179. The number of rotatable bonds is 5. The van der Waals surface area contributed by atoms with Crippen molar-refractivity contribution in [1.82, 2.24) is 4.31 Å². The average Bonchev–Trinajstić information content (AvgIpc) is 2.47. The Morgan fingerprint density at radius 1 is 1.13 bits per heavy atom. The maximum absolute atomic E-state index is 13.2. The fraction of sp³-hybridized carbons (Fsp3) is 0.294. The van der Waals surface area contributed by atoms with E-state index in [2.05, 4.69) is 0 Å². The second kappa shape index (κ2) is 6.68. The molecule has 0 radical (unpaired) electrons. The van der Waals surface area contributed by atoms with Crippen LogP contribution in [0.5, 0.6) is 5.75 Å². The molecule has 124 valence electrons. The molecule has 0 saturated heterocycles. The maximum atomic E-state index is 13.2. The van der Waals surface area contributed by atoms with E-state index in [1.165, 1.54) is 23.5 Å². The minimum absolute atomic E-state index is 0.105. The van der Waals surface area contributed by atoms with E-state index in [9.17, 15) is 12.8 Å². The third kappa shape index (κ3) is 3.71. The highest BCUT2D eigenvalue weighted by Crippen LogP contribution is 2.25. The summed E-state index contributed by atoms with van der Waals surface area (Å²) in [5, 5.41) is 0. The van der Waals surface area contributed by atoms with E-state index >= 15 is 0 Å². The third-order valence-corrected chi connectivity index (χ3v) is 5.62. The molecule has 0 unspecified atom stereocenters. The van der Waals surface area contributed by atoms with E-state index in [4.69, 9.17) is 4.74 Å². The largest absolute Gasteiger partial charge is 0.496 e. The van der Waals surface area contributed by atoms with Crippen LogP contribution in [-0.4, -0.2) is 26.9 Å². The molecule has 0 bridgehead atoms. The van der Waals surface area contributed by atoms with Crippen LogP contribution in [0.3, 0.4) is 0 Å². The Hall–Kier alpha value is -1.92. The van der Waals surface area contributed by atoms with Crippen molar-refractivity contribution in [3.63, 3.8) is 0 Å². The molecule has 0 fully saturated rings. The smallest absolute Gasteiger partial charge is 0.243 e. The SMILES string of the molecule is COc1ccc(C)cc1CN(C)S(=O)(=O)c1ccc(F)cc1C. The van der Waals surface area contributed by atoms with Gasteiger partial charge in [-0.15, -0.1) is 0 Å². The summed E-state index contributed by atoms with van der Waals surface area (Å²) in [6.07, 6.45) is 0. The maximum Gasteiger partial charge on any atom is 0.243 e. The highest BCUT2D eigenvalue weighted by Gasteiger charge is 2.24. The van der Waals surface area contributed by atoms with Gasteiger partial charge in [0.15, 0.2) is 0 Å². The molecule has 0 aliphatic heterocycles. The van der Waals surface area contributed by atoms with E-state index < -0.39 is 15.8 Å². The monoisotopic (exact) mass is 337 g/mol. The molecular weight excluding hydrogens is 317 g/mol. The van der Waals surface area contributed by atoms with Crippen LogP contribution in [0.15, 0.2) is 41.3 Å². The number of methoxy groups -OCH3 is 1. The summed E-state index contributed by atoms with van der Waals surface area (Å²) < 4.78 is 45.2. The van der Waals surface area contributed by atoms with Crippen LogP contribution in [0.2, 0.25) is 0 Å². The zero-order valence-corrected chi connectivity index (χ0v) is 14.4. The van der Waals surface area contributed by atoms with Crippen molar-refractivity contribution < 1.29 is 17.5 Å². The Balaban J connectivity index is 2.36. The molecule has 0 aromatic heterocycles. The van der Waals surface area contributed by atoms with Crippen molar-refractivity contribution in [1.29, 1.82) is 0 Å². The highest BCUT2D eigenvalue weighted by molar-refractivity contribution is 7.89. The number of halogens is 1. The summed E-state index contributed by atoms with van der Waals surface area (Å²) in [6, 6.07) is 9.27. The Morgan fingerprint density at radius 3 is 2.43 bits per heavy atom. The lowest BCUT2D eigenvalue weighted by Crippen LogP contribution is -2.27. The summed E-state index contributed by atoms with van der Waals surface area (Å²) in [5.41, 5.74) is 2.18. The molecule has 2 aromatic carbocycles. The Kier molecular flexibility index (Phi) is 5.06. The minimum Gasteiger partial charge on any atom is -0.496 e. The van der Waals surface area contributed by atoms with Crippen LogP contribution in [0, 0.1) is 19.7 Å². The Bertz CT molecular complexity index is 819. The van der Waals surface area contributed by atoms with Gasteiger partial charge in [0.1, 0.15) is 11.6 Å². The number of hydrogen-bond acceptors (Lipinski definition) is 3. The first-order valence-corrected chi connectivity index (χ1v) is 8.55. The molecule has 0 spiro atoms. The number of sulfonamides is 1. The number of nitrogens with zero attached hydrogens (tertiary/aromatic N) is 1. The Morgan fingerprint density at radius 2 is 1.83 bits per heavy atom. The molecule has 4 nitrogen and oxygen atoms in total. The van der Waals surface area contributed by atoms with Crippen LogP contribution in [0.4, 0.5) is 4.39 Å². The van der Waals surface area contributed by atoms with Gasteiger partial charge in [-0.3, -0.25) is 0 Å². The first-order valence-electron chi connectivity index (χ1n) is 7.11. The van der Waals surface area contributed by atoms with Gasteiger partial charge in [-0.2, -0.15) is 4.31 Å². The van der Waals surface area contributed by atoms with Crippen molar-refractivity contribution in [3.8, 4) is 5.75 Å². The molecule has 23 heavy (non-hydrogen) atoms. The minimum atomic E-state index is -3.71. The zero-order chi connectivity index (χ0) is 17.2. The fourth-order valence-corrected chi connectivity index (χ4v) is 3.78. The van der Waals surface area contributed by atoms with E-state index in [-0.39, 0.29) is 11.4 Å². The second-order valence-corrected chi connectivity index (χ2v) is 7.50. The van der Waals surface area contributed by atoms with Crippen molar-refractivity contribution in [2.24, 2.45) is 0 Å². The first-order chi connectivity index (χ1) is 10.8. The van der Waals surface area contributed by atoms with Crippen LogP contribution < -0.4 is 4.74 Å². The summed E-state index contributed by atoms with van der Waals surface area (Å²) in [7, 11) is -0.663. The van der Waals surface area contributed by atoms with Gasteiger partial charge in [-0.1, -0.05) is 17.7 Å². The molecule has 0 atom stereocenters. The molecule has 6 heteroatoms. The van der Waals surface area contributed by atoms with Crippen molar-refractivity contribution in [2.45, 2.75) is 25.3 Å². The summed E-state index contributed by atoms with van der Waals surface area (Å²) >= 11 is 0. The average molecular weight is 337 g/mol. The quantitative estimate of drug-likeness (QED) is 0.841. The predicted octanol–water partition coefficient (Wildman–Crippen LogP) is 3.27. The molecule has 0 N–H and O–H groups in total. The number of ether oxygens (including phenoxy) is 1. The van der Waals surface area contributed by atoms with Gasteiger partial charge < -0.3 is 4.74 Å². The van der Waals surface area contributed by atoms with Gasteiger partial charge in [-0.05, 0) is 43.7 Å². The molecule has 0 aliphatic rings. The third-order valence-electron chi connectivity index (χ3n) is 3.65. The standard InChI is InChI=1S/C17H20FNO3S/c1-12-5-7-16(22-4)14(9-12)11-19(3)23(20,21)17-8-6-15(18)10-13(17)2/h5-10H,11H2,1-4H3. The van der Waals surface area contributed by atoms with Crippen LogP contribution in [0.1, 0.15) is 16.7 Å². The molecule has 0 aliphatic carbocycles. The molecule has 0 saturated carbocycles. The molecular formula is C17H20FNO3S. The number of aryl methyl sites for hydroxylation is 2. The second-order valence-electron chi connectivity index (χ2n) is 5.49. The van der Waals surface area contributed by atoms with Crippen molar-refractivity contribution >= 4 is 10.0 Å². The van der Waals surface area contributed by atoms with Gasteiger partial charge in [0.05, 0.1) is 12.0 Å². The van der Waals surface area contributed by atoms with Crippen LogP contribution in [-0.2, 0) is 16.6 Å². The van der Waals surface area contributed by atoms with Crippen molar-refractivity contribution in [2.75, 3.05) is 14.2 Å². The predicted molar refractivity (Wildman–Crippen MR) is 87.5 cm³/mol.